The van der Waals surface area contributed by atoms with E-state index >= 15 is 0 Å². The monoisotopic (exact) mass is 208 g/mol. The average Bonchev–Trinajstić information content (AvgIpc) is 2.81. The zero-order valence-electron chi connectivity index (χ0n) is 9.10. The number of likely N-dealkylation sites (N-methyl/N-ethyl adjacent to an activating group) is 1. The molecule has 15 heavy (non-hydrogen) atoms. The minimum Gasteiger partial charge on any atom is -0.481 e. The summed E-state index contributed by atoms with van der Waals surface area (Å²) in [6.07, 6.45) is 2.69. The lowest BCUT2D eigenvalue weighted by Gasteiger charge is -2.24. The van der Waals surface area contributed by atoms with Crippen molar-refractivity contribution in [1.29, 1.82) is 0 Å². The second-order valence-electron chi connectivity index (χ2n) is 3.68. The van der Waals surface area contributed by atoms with Crippen LogP contribution in [0, 0.1) is 0 Å². The highest BCUT2D eigenvalue weighted by atomic mass is 16.5. The van der Waals surface area contributed by atoms with E-state index in [9.17, 15) is 0 Å². The van der Waals surface area contributed by atoms with Gasteiger partial charge in [-0.2, -0.15) is 0 Å². The fraction of sp³-hybridized carbons (Fsp3) is 0.600. The number of methoxy groups -OCH3 is 1. The molecule has 0 amide bonds. The van der Waals surface area contributed by atoms with Gasteiger partial charge in [0.15, 0.2) is 0 Å². The molecule has 1 N–H and O–H groups in total. The van der Waals surface area contributed by atoms with Crippen LogP contribution in [0.5, 0.6) is 5.88 Å². The maximum atomic E-state index is 5.07. The number of ether oxygens (including phenoxy) is 1. The molecule has 82 valence electrons. The van der Waals surface area contributed by atoms with Crippen LogP contribution >= 0.6 is 0 Å². The van der Waals surface area contributed by atoms with Gasteiger partial charge in [0.25, 0.3) is 0 Å². The van der Waals surface area contributed by atoms with Crippen molar-refractivity contribution in [2.24, 2.45) is 0 Å². The van der Waals surface area contributed by atoms with Crippen LogP contribution in [0.2, 0.25) is 0 Å². The molecule has 1 fully saturated rings. The first-order chi connectivity index (χ1) is 7.31. The Balaban J connectivity index is 2.13. The Bertz CT molecular complexity index is 325. The van der Waals surface area contributed by atoms with E-state index in [1.165, 1.54) is 6.33 Å². The predicted molar refractivity (Wildman–Crippen MR) is 58.3 cm³/mol. The molecule has 0 saturated carbocycles. The Morgan fingerprint density at radius 2 is 2.40 bits per heavy atom. The minimum absolute atomic E-state index is 0.518. The van der Waals surface area contributed by atoms with E-state index in [1.54, 1.807) is 7.11 Å². The smallest absolute Gasteiger partial charge is 0.218 e. The summed E-state index contributed by atoms with van der Waals surface area (Å²) in [4.78, 5) is 10.4. The van der Waals surface area contributed by atoms with Crippen molar-refractivity contribution >= 4 is 5.82 Å². The van der Waals surface area contributed by atoms with Crippen molar-refractivity contribution in [2.45, 2.75) is 12.5 Å². The van der Waals surface area contributed by atoms with Gasteiger partial charge in [-0.05, 0) is 13.0 Å². The summed E-state index contributed by atoms with van der Waals surface area (Å²) in [7, 11) is 3.67. The maximum absolute atomic E-state index is 5.07. The molecular weight excluding hydrogens is 192 g/mol. The van der Waals surface area contributed by atoms with Crippen LogP contribution in [0.25, 0.3) is 0 Å². The molecule has 1 saturated heterocycles. The van der Waals surface area contributed by atoms with Crippen LogP contribution in [-0.2, 0) is 0 Å². The van der Waals surface area contributed by atoms with Gasteiger partial charge in [-0.3, -0.25) is 0 Å². The first kappa shape index (κ1) is 10.2. The van der Waals surface area contributed by atoms with Crippen molar-refractivity contribution < 1.29 is 4.74 Å². The molecule has 1 atom stereocenters. The maximum Gasteiger partial charge on any atom is 0.218 e. The number of aromatic nitrogens is 2. The minimum atomic E-state index is 0.518. The van der Waals surface area contributed by atoms with Gasteiger partial charge < -0.3 is 15.0 Å². The summed E-state index contributed by atoms with van der Waals surface area (Å²) in [5.74, 6) is 1.52. The van der Waals surface area contributed by atoms with Crippen molar-refractivity contribution in [1.82, 2.24) is 15.3 Å². The van der Waals surface area contributed by atoms with E-state index in [4.69, 9.17) is 4.74 Å². The van der Waals surface area contributed by atoms with E-state index in [0.717, 1.165) is 25.3 Å². The van der Waals surface area contributed by atoms with E-state index in [0.29, 0.717) is 11.9 Å². The van der Waals surface area contributed by atoms with Crippen LogP contribution in [0.1, 0.15) is 6.42 Å². The highest BCUT2D eigenvalue weighted by Crippen LogP contribution is 2.18. The summed E-state index contributed by atoms with van der Waals surface area (Å²) >= 11 is 0. The second-order valence-corrected chi connectivity index (χ2v) is 3.68. The van der Waals surface area contributed by atoms with Crippen molar-refractivity contribution in [3.8, 4) is 5.88 Å². The molecule has 5 heteroatoms. The van der Waals surface area contributed by atoms with Crippen LogP contribution < -0.4 is 15.0 Å². The molecule has 1 aromatic heterocycles. The summed E-state index contributed by atoms with van der Waals surface area (Å²) in [6, 6.07) is 2.38. The molecule has 0 bridgehead atoms. The predicted octanol–water partition coefficient (Wildman–Crippen LogP) is 0.283. The second kappa shape index (κ2) is 4.44. The number of nitrogens with one attached hydrogen (secondary N) is 1. The number of hydrogen-bond acceptors (Lipinski definition) is 5. The average molecular weight is 208 g/mol. The molecule has 2 heterocycles. The van der Waals surface area contributed by atoms with Gasteiger partial charge in [0.2, 0.25) is 5.88 Å². The molecule has 2 rings (SSSR count). The summed E-state index contributed by atoms with van der Waals surface area (Å²) in [5.41, 5.74) is 0. The molecule has 1 unspecified atom stereocenters. The van der Waals surface area contributed by atoms with Crippen molar-refractivity contribution in [3.63, 3.8) is 0 Å². The molecule has 1 aliphatic rings. The summed E-state index contributed by atoms with van der Waals surface area (Å²) in [5, 5.41) is 3.34. The Morgan fingerprint density at radius 3 is 3.07 bits per heavy atom. The van der Waals surface area contributed by atoms with E-state index in [2.05, 4.69) is 27.2 Å². The fourth-order valence-corrected chi connectivity index (χ4v) is 1.79. The Morgan fingerprint density at radius 1 is 1.53 bits per heavy atom. The third kappa shape index (κ3) is 2.18. The van der Waals surface area contributed by atoms with E-state index in [1.807, 2.05) is 6.07 Å². The van der Waals surface area contributed by atoms with Gasteiger partial charge in [0.1, 0.15) is 12.1 Å². The quantitative estimate of drug-likeness (QED) is 0.773. The van der Waals surface area contributed by atoms with Gasteiger partial charge in [-0.15, -0.1) is 0 Å². The molecule has 0 radical (unpaired) electrons. The van der Waals surface area contributed by atoms with Crippen molar-refractivity contribution in [3.05, 3.63) is 12.4 Å². The van der Waals surface area contributed by atoms with Gasteiger partial charge >= 0.3 is 0 Å². The number of hydrogen-bond donors (Lipinski definition) is 1. The molecule has 1 aliphatic heterocycles. The lowest BCUT2D eigenvalue weighted by Crippen LogP contribution is -2.33. The van der Waals surface area contributed by atoms with Crippen LogP contribution in [-0.4, -0.2) is 43.3 Å². The van der Waals surface area contributed by atoms with E-state index < -0.39 is 0 Å². The normalized spacial score (nSPS) is 20.3. The zero-order valence-corrected chi connectivity index (χ0v) is 9.10. The SMILES string of the molecule is COc1cc(N(C)C2CCNC2)ncn1. The van der Waals surface area contributed by atoms with Gasteiger partial charge in [0.05, 0.1) is 7.11 Å². The van der Waals surface area contributed by atoms with Gasteiger partial charge in [0, 0.05) is 25.7 Å². The topological polar surface area (TPSA) is 50.3 Å². The molecular formula is C10H16N4O. The van der Waals surface area contributed by atoms with Crippen LogP contribution in [0.4, 0.5) is 5.82 Å². The van der Waals surface area contributed by atoms with E-state index in [-0.39, 0.29) is 0 Å². The third-order valence-electron chi connectivity index (χ3n) is 2.78. The van der Waals surface area contributed by atoms with Crippen LogP contribution in [0.15, 0.2) is 12.4 Å². The molecule has 1 aromatic rings. The summed E-state index contributed by atoms with van der Waals surface area (Å²) in [6.45, 7) is 2.10. The lowest BCUT2D eigenvalue weighted by atomic mass is 10.2. The number of nitrogens with zero attached hydrogens (tertiary/aromatic N) is 3. The first-order valence-electron chi connectivity index (χ1n) is 5.11. The number of rotatable bonds is 3. The van der Waals surface area contributed by atoms with Gasteiger partial charge in [-0.1, -0.05) is 0 Å². The Hall–Kier alpha value is -1.36. The molecule has 0 aromatic carbocycles. The summed E-state index contributed by atoms with van der Waals surface area (Å²) < 4.78 is 5.07. The lowest BCUT2D eigenvalue weighted by molar-refractivity contribution is 0.396. The van der Waals surface area contributed by atoms with Crippen molar-refractivity contribution in [2.75, 3.05) is 32.1 Å². The highest BCUT2D eigenvalue weighted by molar-refractivity contribution is 5.41. The molecule has 0 aliphatic carbocycles. The van der Waals surface area contributed by atoms with Gasteiger partial charge in [-0.25, -0.2) is 9.97 Å². The standard InChI is InChI=1S/C10H16N4O/c1-14(8-3-4-11-6-8)9-5-10(15-2)13-7-12-9/h5,7-8,11H,3-4,6H2,1-2H3. The highest BCUT2D eigenvalue weighted by Gasteiger charge is 2.20. The first-order valence-corrected chi connectivity index (χ1v) is 5.11. The Kier molecular flexibility index (Phi) is 3.01. The third-order valence-corrected chi connectivity index (χ3v) is 2.78. The molecule has 0 spiro atoms. The Labute approximate surface area is 89.5 Å². The largest absolute Gasteiger partial charge is 0.481 e. The zero-order chi connectivity index (χ0) is 10.7. The molecule has 5 nitrogen and oxygen atoms in total. The van der Waals surface area contributed by atoms with Crippen LogP contribution in [0.3, 0.4) is 0 Å². The number of anilines is 1. The fourth-order valence-electron chi connectivity index (χ4n) is 1.79.